The molecule has 2 unspecified atom stereocenters. The molecule has 2 aromatic rings. The summed E-state index contributed by atoms with van der Waals surface area (Å²) in [6.45, 7) is 5.66. The zero-order chi connectivity index (χ0) is 34.5. The second kappa shape index (κ2) is 9.32. The van der Waals surface area contributed by atoms with Crippen molar-refractivity contribution in [3.63, 3.8) is 0 Å². The number of carbonyl (C=O) groups excluding carboxylic acids is 2. The van der Waals surface area contributed by atoms with Gasteiger partial charge in [-0.15, -0.1) is 0 Å². The van der Waals surface area contributed by atoms with E-state index in [1.807, 2.05) is 0 Å². The van der Waals surface area contributed by atoms with Crippen LogP contribution in [0.3, 0.4) is 0 Å². The molecular weight excluding hydrogens is 652 g/mol. The summed E-state index contributed by atoms with van der Waals surface area (Å²) in [6, 6.07) is 19.5. The minimum absolute atomic E-state index is 0.116. The molecule has 4 bridgehead atoms. The van der Waals surface area contributed by atoms with E-state index in [0.717, 1.165) is 60.8 Å². The molecule has 0 aromatic heterocycles. The van der Waals surface area contributed by atoms with Gasteiger partial charge >= 0.3 is 0 Å². The smallest absolute Gasteiger partial charge is 0.272 e. The number of rotatable bonds is 4. The zero-order valence-corrected chi connectivity index (χ0v) is 29.6. The summed E-state index contributed by atoms with van der Waals surface area (Å²) in [7, 11) is 0. The van der Waals surface area contributed by atoms with E-state index in [9.17, 15) is 9.59 Å². The van der Waals surface area contributed by atoms with Crippen LogP contribution in [0.5, 0.6) is 0 Å². The van der Waals surface area contributed by atoms with Crippen LogP contribution in [-0.2, 0) is 29.9 Å². The Labute approximate surface area is 304 Å². The minimum Gasteiger partial charge on any atom is -0.365 e. The van der Waals surface area contributed by atoms with Gasteiger partial charge in [-0.3, -0.25) is 9.59 Å². The van der Waals surface area contributed by atoms with Crippen LogP contribution in [0.15, 0.2) is 71.8 Å². The molecule has 268 valence electrons. The quantitative estimate of drug-likeness (QED) is 0.374. The second-order valence-electron chi connectivity index (χ2n) is 18.6. The fourth-order valence-electron chi connectivity index (χ4n) is 16.5. The first-order chi connectivity index (χ1) is 25.3. The van der Waals surface area contributed by atoms with Crippen molar-refractivity contribution in [2.24, 2.45) is 35.1 Å². The number of piperidine rings is 2. The van der Waals surface area contributed by atoms with Gasteiger partial charge in [0.05, 0.1) is 49.2 Å². The van der Waals surface area contributed by atoms with Crippen LogP contribution in [0.25, 0.3) is 0 Å². The fraction of sp³-hybridized carbons (Fsp3) is 0.571. The molecule has 10 heteroatoms. The minimum atomic E-state index is -0.189. The highest BCUT2D eigenvalue weighted by Gasteiger charge is 2.81. The van der Waals surface area contributed by atoms with Crippen molar-refractivity contribution < 1.29 is 28.0 Å². The number of quaternary nitrogens is 2. The van der Waals surface area contributed by atoms with Gasteiger partial charge < -0.3 is 39.7 Å². The van der Waals surface area contributed by atoms with Crippen LogP contribution in [0.4, 0.5) is 11.4 Å². The summed E-state index contributed by atoms with van der Waals surface area (Å²) in [5, 5.41) is 0. The number of hydrogen-bond acceptors (Lipinski definition) is 6. The van der Waals surface area contributed by atoms with Crippen LogP contribution in [0.1, 0.15) is 36.8 Å². The Bertz CT molecular complexity index is 1940. The standard InChI is InChI=1S/C42H46N6O4/c43-33(49)21-47-13-11-41-27-5-1-3-7-29(27)45-37(41)35-25(17-31(41)47)23(19-47)10-16-52-40(35)46-30-8-4-2-6-28(30)42-12-14-48(22-34(44)50)20-24-9-15-51-39(45)36(38(42)46)26(24)18-32(42)48/h1-10,25-26,31-32,35-40H,11-22H2,(H2-2,43,44,49,50)/p+2/t25-,26-,31-,32-,35+,36+,37-,38-,39+,40+,41+,42+,47?,48?/m0/s1. The first kappa shape index (κ1) is 29.7. The molecule has 9 aliphatic heterocycles. The summed E-state index contributed by atoms with van der Waals surface area (Å²) in [6.07, 6.45) is 8.75. The maximum Gasteiger partial charge on any atom is 0.272 e. The third-order valence-corrected chi connectivity index (χ3v) is 17.4. The van der Waals surface area contributed by atoms with Crippen LogP contribution < -0.4 is 21.3 Å². The molecule has 52 heavy (non-hydrogen) atoms. The maximum atomic E-state index is 13.0. The topological polar surface area (TPSA) is 111 Å². The van der Waals surface area contributed by atoms with E-state index in [1.165, 1.54) is 33.6 Å². The predicted octanol–water partition coefficient (Wildman–Crippen LogP) is 2.27. The zero-order valence-electron chi connectivity index (χ0n) is 29.6. The number of benzene rings is 2. The lowest BCUT2D eigenvalue weighted by Gasteiger charge is -2.65. The molecule has 0 radical (unpaired) electrons. The molecule has 5 saturated heterocycles. The fourth-order valence-corrected chi connectivity index (χ4v) is 16.5. The number of hydrogen-bond donors (Lipinski definition) is 2. The number of para-hydroxylation sites is 2. The highest BCUT2D eigenvalue weighted by Crippen LogP contribution is 2.72. The average Bonchev–Trinajstić information content (AvgIpc) is 3.74. The summed E-state index contributed by atoms with van der Waals surface area (Å²) in [4.78, 5) is 31.6. The van der Waals surface area contributed by atoms with Gasteiger partial charge in [0.15, 0.2) is 13.1 Å². The van der Waals surface area contributed by atoms with Crippen LogP contribution >= 0.6 is 0 Å². The number of primary amides is 2. The van der Waals surface area contributed by atoms with Gasteiger partial charge in [0.2, 0.25) is 0 Å². The molecule has 2 aromatic carbocycles. The Morgan fingerprint density at radius 1 is 0.692 bits per heavy atom. The molecular formula is C42H48N6O4+2. The lowest BCUT2D eigenvalue weighted by atomic mass is 9.52. The van der Waals surface area contributed by atoms with Crippen molar-refractivity contribution in [3.8, 4) is 0 Å². The van der Waals surface area contributed by atoms with Crippen LogP contribution in [0, 0.1) is 23.7 Å². The summed E-state index contributed by atoms with van der Waals surface area (Å²) in [5.74, 6) is 0.739. The van der Waals surface area contributed by atoms with Crippen molar-refractivity contribution >= 4 is 23.2 Å². The Morgan fingerprint density at radius 3 is 1.58 bits per heavy atom. The highest BCUT2D eigenvalue weighted by molar-refractivity contribution is 5.76. The summed E-state index contributed by atoms with van der Waals surface area (Å²) in [5.41, 5.74) is 20.5. The monoisotopic (exact) mass is 700 g/mol. The Hall–Kier alpha value is -3.70. The maximum absolute atomic E-state index is 13.0. The lowest BCUT2D eigenvalue weighted by Crippen LogP contribution is -2.78. The number of ether oxygens (including phenoxy) is 2. The first-order valence-corrected chi connectivity index (χ1v) is 20.0. The molecule has 2 saturated carbocycles. The number of amides is 2. The predicted molar refractivity (Wildman–Crippen MR) is 193 cm³/mol. The summed E-state index contributed by atoms with van der Waals surface area (Å²) < 4.78 is 16.4. The number of anilines is 2. The Kier molecular flexibility index (Phi) is 5.33. The number of carbonyl (C=O) groups is 2. The van der Waals surface area contributed by atoms with Gasteiger partial charge in [0.1, 0.15) is 37.6 Å². The normalized spacial score (nSPS) is 48.4. The van der Waals surface area contributed by atoms with E-state index >= 15 is 0 Å². The molecule has 11 aliphatic rings. The van der Waals surface area contributed by atoms with Crippen molar-refractivity contribution in [1.29, 1.82) is 0 Å². The van der Waals surface area contributed by atoms with Crippen molar-refractivity contribution in [1.82, 2.24) is 0 Å². The van der Waals surface area contributed by atoms with Gasteiger partial charge in [-0.05, 0) is 34.4 Å². The number of nitrogens with zero attached hydrogens (tertiary/aromatic N) is 4. The Balaban J connectivity index is 1.11. The number of fused-ring (bicyclic) bond motifs is 6. The van der Waals surface area contributed by atoms with Crippen molar-refractivity contribution in [3.05, 3.63) is 83.0 Å². The van der Waals surface area contributed by atoms with Gasteiger partial charge in [-0.25, -0.2) is 0 Å². The van der Waals surface area contributed by atoms with E-state index in [-0.39, 0.29) is 59.0 Å². The second-order valence-corrected chi connectivity index (χ2v) is 18.6. The van der Waals surface area contributed by atoms with Crippen LogP contribution in [0.2, 0.25) is 0 Å². The SMILES string of the molecule is NC(=O)C[N+]12CC[C@@]34c5ccccc5N5[C@@H]6OCC=C7C[N+]8(CC(N)=O)CC[C@]9%10c%11ccccc%11N([C@@H]%11OCC=C(C1)[C@H](C[C@@H]32)[C@@H]%11[C@H]54)[C@H]9[C@H]6[C@H]7C[C@@H]%108. The molecule has 4 N–H and O–H groups in total. The Morgan fingerprint density at radius 2 is 1.13 bits per heavy atom. The molecule has 7 fully saturated rings. The molecule has 13 rings (SSSR count). The highest BCUT2D eigenvalue weighted by atomic mass is 16.5. The first-order valence-electron chi connectivity index (χ1n) is 20.0. The van der Waals surface area contributed by atoms with E-state index < -0.39 is 0 Å². The van der Waals surface area contributed by atoms with E-state index in [1.54, 1.807) is 0 Å². The summed E-state index contributed by atoms with van der Waals surface area (Å²) >= 11 is 0. The molecule has 10 nitrogen and oxygen atoms in total. The van der Waals surface area contributed by atoms with Crippen molar-refractivity contribution in [2.75, 3.05) is 62.3 Å². The average molecular weight is 701 g/mol. The molecule has 2 aliphatic carbocycles. The molecule has 14 atom stereocenters. The van der Waals surface area contributed by atoms with Crippen molar-refractivity contribution in [2.45, 2.75) is 73.1 Å². The lowest BCUT2D eigenvalue weighted by molar-refractivity contribution is -0.936. The number of nitrogens with two attached hydrogens (primary N) is 2. The van der Waals surface area contributed by atoms with E-state index in [2.05, 4.69) is 70.5 Å². The largest absolute Gasteiger partial charge is 0.365 e. The molecule has 2 spiro atoms. The van der Waals surface area contributed by atoms with Gasteiger partial charge in [-0.1, -0.05) is 48.6 Å². The van der Waals surface area contributed by atoms with E-state index in [4.69, 9.17) is 20.9 Å². The third-order valence-electron chi connectivity index (χ3n) is 17.4. The van der Waals surface area contributed by atoms with E-state index in [0.29, 0.717) is 50.2 Å². The molecule has 2 amide bonds. The van der Waals surface area contributed by atoms with Gasteiger partial charge in [0, 0.05) is 60.7 Å². The van der Waals surface area contributed by atoms with Gasteiger partial charge in [-0.2, -0.15) is 0 Å². The van der Waals surface area contributed by atoms with Crippen LogP contribution in [-0.4, -0.2) is 110 Å². The third kappa shape index (κ3) is 3.06. The molecule has 9 heterocycles. The van der Waals surface area contributed by atoms with Gasteiger partial charge in [0.25, 0.3) is 11.8 Å².